The molecule has 0 amide bonds. The molecule has 1 aliphatic heterocycles. The van der Waals surface area contributed by atoms with E-state index in [0.717, 1.165) is 24.3 Å². The molecule has 5 heteroatoms. The minimum atomic E-state index is -0.669. The van der Waals surface area contributed by atoms with Crippen LogP contribution in [0, 0.1) is 0 Å². The first-order chi connectivity index (χ1) is 8.75. The molecule has 18 heavy (non-hydrogen) atoms. The van der Waals surface area contributed by atoms with E-state index in [1.165, 1.54) is 0 Å². The molecule has 1 saturated heterocycles. The van der Waals surface area contributed by atoms with Gasteiger partial charge in [0.05, 0.1) is 23.2 Å². The maximum absolute atomic E-state index is 10.3. The van der Waals surface area contributed by atoms with E-state index in [1.807, 2.05) is 36.5 Å². The van der Waals surface area contributed by atoms with Crippen molar-refractivity contribution in [2.45, 2.75) is 18.4 Å². The highest BCUT2D eigenvalue weighted by Crippen LogP contribution is 2.19. The van der Waals surface area contributed by atoms with Gasteiger partial charge in [-0.3, -0.25) is 0 Å². The van der Waals surface area contributed by atoms with Crippen molar-refractivity contribution >= 4 is 0 Å². The molecule has 0 bridgehead atoms. The van der Waals surface area contributed by atoms with Gasteiger partial charge in [-0.05, 0) is 25.1 Å². The van der Waals surface area contributed by atoms with Crippen LogP contribution in [0.1, 0.15) is 12.1 Å². The van der Waals surface area contributed by atoms with Crippen molar-refractivity contribution in [3.8, 4) is 5.69 Å². The smallest absolute Gasteiger partial charge is 0.0860 e. The zero-order chi connectivity index (χ0) is 12.4. The molecule has 1 aliphatic rings. The van der Waals surface area contributed by atoms with E-state index in [9.17, 15) is 5.11 Å². The normalized spacial score (nSPS) is 23.4. The average molecular weight is 244 g/mol. The number of rotatable bonds is 3. The molecule has 0 radical (unpaired) electrons. The number of hydrogen-bond donors (Lipinski definition) is 2. The van der Waals surface area contributed by atoms with E-state index < -0.39 is 5.60 Å². The van der Waals surface area contributed by atoms with Crippen molar-refractivity contribution < 1.29 is 5.11 Å². The summed E-state index contributed by atoms with van der Waals surface area (Å²) in [6, 6.07) is 9.85. The van der Waals surface area contributed by atoms with Crippen molar-refractivity contribution in [1.82, 2.24) is 20.3 Å². The van der Waals surface area contributed by atoms with Gasteiger partial charge in [-0.1, -0.05) is 23.4 Å². The standard InChI is InChI=1S/C13H16N4O/c18-13(6-7-14-10-13)8-11-9-17(16-15-11)12-4-2-1-3-5-12/h1-5,9,14,18H,6-8,10H2. The van der Waals surface area contributed by atoms with Crippen molar-refractivity contribution in [2.75, 3.05) is 13.1 Å². The number of benzene rings is 1. The number of aliphatic hydroxyl groups is 1. The van der Waals surface area contributed by atoms with Crippen LogP contribution in [0.25, 0.3) is 5.69 Å². The van der Waals surface area contributed by atoms with Gasteiger partial charge in [-0.25, -0.2) is 4.68 Å². The fourth-order valence-corrected chi connectivity index (χ4v) is 2.30. The summed E-state index contributed by atoms with van der Waals surface area (Å²) in [4.78, 5) is 0. The first-order valence-electron chi connectivity index (χ1n) is 6.15. The molecule has 1 unspecified atom stereocenters. The fourth-order valence-electron chi connectivity index (χ4n) is 2.30. The van der Waals surface area contributed by atoms with Crippen LogP contribution < -0.4 is 5.32 Å². The maximum Gasteiger partial charge on any atom is 0.0860 e. The molecule has 2 heterocycles. The Morgan fingerprint density at radius 3 is 2.89 bits per heavy atom. The Labute approximate surface area is 105 Å². The number of aromatic nitrogens is 3. The lowest BCUT2D eigenvalue weighted by Crippen LogP contribution is -2.33. The maximum atomic E-state index is 10.3. The molecular formula is C13H16N4O. The van der Waals surface area contributed by atoms with Crippen LogP contribution in [0.2, 0.25) is 0 Å². The second kappa shape index (κ2) is 4.51. The highest BCUT2D eigenvalue weighted by atomic mass is 16.3. The highest BCUT2D eigenvalue weighted by Gasteiger charge is 2.32. The first-order valence-corrected chi connectivity index (χ1v) is 6.15. The molecule has 0 aliphatic carbocycles. The third-order valence-electron chi connectivity index (χ3n) is 3.29. The zero-order valence-electron chi connectivity index (χ0n) is 10.1. The number of nitrogens with one attached hydrogen (secondary N) is 1. The molecule has 2 N–H and O–H groups in total. The lowest BCUT2D eigenvalue weighted by Gasteiger charge is -2.18. The average Bonchev–Trinajstić information content (AvgIpc) is 3.00. The summed E-state index contributed by atoms with van der Waals surface area (Å²) in [5, 5.41) is 21.7. The Kier molecular flexibility index (Phi) is 2.85. The van der Waals surface area contributed by atoms with E-state index >= 15 is 0 Å². The lowest BCUT2D eigenvalue weighted by molar-refractivity contribution is 0.0609. The van der Waals surface area contributed by atoms with Gasteiger partial charge in [-0.2, -0.15) is 0 Å². The number of hydrogen-bond acceptors (Lipinski definition) is 4. The molecule has 1 fully saturated rings. The zero-order valence-corrected chi connectivity index (χ0v) is 10.1. The van der Waals surface area contributed by atoms with Crippen molar-refractivity contribution in [3.63, 3.8) is 0 Å². The van der Waals surface area contributed by atoms with E-state index in [-0.39, 0.29) is 0 Å². The van der Waals surface area contributed by atoms with Gasteiger partial charge in [0.2, 0.25) is 0 Å². The predicted molar refractivity (Wildman–Crippen MR) is 67.5 cm³/mol. The van der Waals surface area contributed by atoms with E-state index in [1.54, 1.807) is 4.68 Å². The van der Waals surface area contributed by atoms with Gasteiger partial charge >= 0.3 is 0 Å². The lowest BCUT2D eigenvalue weighted by atomic mass is 9.97. The molecule has 0 spiro atoms. The van der Waals surface area contributed by atoms with Crippen LogP contribution in [-0.2, 0) is 6.42 Å². The topological polar surface area (TPSA) is 63.0 Å². The third-order valence-corrected chi connectivity index (χ3v) is 3.29. The summed E-state index contributed by atoms with van der Waals surface area (Å²) < 4.78 is 1.74. The summed E-state index contributed by atoms with van der Waals surface area (Å²) in [7, 11) is 0. The number of para-hydroxylation sites is 1. The third kappa shape index (κ3) is 2.27. The Morgan fingerprint density at radius 1 is 1.33 bits per heavy atom. The van der Waals surface area contributed by atoms with Crippen LogP contribution in [0.4, 0.5) is 0 Å². The van der Waals surface area contributed by atoms with E-state index in [2.05, 4.69) is 15.6 Å². The highest BCUT2D eigenvalue weighted by molar-refractivity contribution is 5.30. The van der Waals surface area contributed by atoms with Gasteiger partial charge in [0.15, 0.2) is 0 Å². The summed E-state index contributed by atoms with van der Waals surface area (Å²) in [5.41, 5.74) is 1.13. The van der Waals surface area contributed by atoms with Crippen LogP contribution in [0.3, 0.4) is 0 Å². The van der Waals surface area contributed by atoms with Crippen LogP contribution >= 0.6 is 0 Å². The van der Waals surface area contributed by atoms with Crippen molar-refractivity contribution in [2.24, 2.45) is 0 Å². The largest absolute Gasteiger partial charge is 0.388 e. The molecular weight excluding hydrogens is 228 g/mol. The Morgan fingerprint density at radius 2 is 2.17 bits per heavy atom. The monoisotopic (exact) mass is 244 g/mol. The second-order valence-electron chi connectivity index (χ2n) is 4.82. The predicted octanol–water partition coefficient (Wildman–Crippen LogP) is 0.534. The van der Waals surface area contributed by atoms with Crippen molar-refractivity contribution in [1.29, 1.82) is 0 Å². The number of β-amino-alcohol motifs (C(OH)–C–C–N with tert-alkyl or cyclic N) is 1. The van der Waals surface area contributed by atoms with Gasteiger partial charge in [0, 0.05) is 13.0 Å². The van der Waals surface area contributed by atoms with E-state index in [0.29, 0.717) is 13.0 Å². The van der Waals surface area contributed by atoms with Gasteiger partial charge in [-0.15, -0.1) is 5.10 Å². The van der Waals surface area contributed by atoms with Gasteiger partial charge in [0.1, 0.15) is 0 Å². The summed E-state index contributed by atoms with van der Waals surface area (Å²) in [6.07, 6.45) is 3.20. The minimum Gasteiger partial charge on any atom is -0.388 e. The molecule has 3 rings (SSSR count). The van der Waals surface area contributed by atoms with Gasteiger partial charge < -0.3 is 10.4 Å². The van der Waals surface area contributed by atoms with Crippen LogP contribution in [0.5, 0.6) is 0 Å². The van der Waals surface area contributed by atoms with Crippen molar-refractivity contribution in [3.05, 3.63) is 42.2 Å². The van der Waals surface area contributed by atoms with Gasteiger partial charge in [0.25, 0.3) is 0 Å². The molecule has 94 valence electrons. The Bertz CT molecular complexity index is 517. The molecule has 1 aromatic heterocycles. The quantitative estimate of drug-likeness (QED) is 0.827. The minimum absolute atomic E-state index is 0.548. The summed E-state index contributed by atoms with van der Waals surface area (Å²) >= 11 is 0. The molecule has 1 aromatic carbocycles. The molecule has 0 saturated carbocycles. The second-order valence-corrected chi connectivity index (χ2v) is 4.82. The molecule has 5 nitrogen and oxygen atoms in total. The summed E-state index contributed by atoms with van der Waals surface area (Å²) in [5.74, 6) is 0. The van der Waals surface area contributed by atoms with E-state index in [4.69, 9.17) is 0 Å². The van der Waals surface area contributed by atoms with Crippen LogP contribution in [0.15, 0.2) is 36.5 Å². The molecule has 1 atom stereocenters. The Hall–Kier alpha value is -1.72. The van der Waals surface area contributed by atoms with Crippen LogP contribution in [-0.4, -0.2) is 38.8 Å². The summed E-state index contributed by atoms with van der Waals surface area (Å²) in [6.45, 7) is 1.49. The molecule has 2 aromatic rings. The SMILES string of the molecule is OC1(Cc2cn(-c3ccccc3)nn2)CCNC1. The Balaban J connectivity index is 1.78. The fraction of sp³-hybridized carbons (Fsp3) is 0.385. The first kappa shape index (κ1) is 11.4. The number of nitrogens with zero attached hydrogens (tertiary/aromatic N) is 3.